The molecule has 0 saturated heterocycles. The number of amides is 1. The minimum Gasteiger partial charge on any atom is -0.343 e. The first-order valence-electron chi connectivity index (χ1n) is 9.47. The van der Waals surface area contributed by atoms with Crippen molar-refractivity contribution in [2.75, 3.05) is 18.8 Å². The van der Waals surface area contributed by atoms with Crippen molar-refractivity contribution in [2.24, 2.45) is 0 Å². The zero-order valence-corrected chi connectivity index (χ0v) is 17.0. The second-order valence-corrected chi connectivity index (χ2v) is 7.26. The van der Waals surface area contributed by atoms with E-state index in [4.69, 9.17) is 0 Å². The van der Waals surface area contributed by atoms with Gasteiger partial charge in [0, 0.05) is 26.1 Å². The molecule has 5 nitrogen and oxygen atoms in total. The van der Waals surface area contributed by atoms with Crippen LogP contribution >= 0.6 is 11.8 Å². The van der Waals surface area contributed by atoms with E-state index < -0.39 is 0 Å². The number of fused-ring (bicyclic) bond motifs is 1. The van der Waals surface area contributed by atoms with Crippen molar-refractivity contribution in [1.82, 2.24) is 19.7 Å². The molecule has 0 atom stereocenters. The average Bonchev–Trinajstić information content (AvgIpc) is 3.09. The molecule has 142 valence electrons. The topological polar surface area (TPSA) is 51.0 Å². The smallest absolute Gasteiger partial charge is 0.233 e. The minimum absolute atomic E-state index is 0.145. The standard InChI is InChI=1S/C21H26N4OS/c1-4-24(5-2)20(26)15-27-21-23-22-19(25(21)6-3)14-17-12-9-11-16-10-7-8-13-18(16)17/h7-13H,4-6,14-15H2,1-3H3. The van der Waals surface area contributed by atoms with Gasteiger partial charge in [0.05, 0.1) is 5.75 Å². The van der Waals surface area contributed by atoms with E-state index in [2.05, 4.69) is 64.2 Å². The summed E-state index contributed by atoms with van der Waals surface area (Å²) in [6, 6.07) is 14.8. The summed E-state index contributed by atoms with van der Waals surface area (Å²) < 4.78 is 2.11. The Labute approximate surface area is 164 Å². The molecular formula is C21H26N4OS. The van der Waals surface area contributed by atoms with Crippen molar-refractivity contribution >= 4 is 28.4 Å². The number of nitrogens with zero attached hydrogens (tertiary/aromatic N) is 4. The molecule has 3 aromatic rings. The van der Waals surface area contributed by atoms with Crippen LogP contribution in [0.2, 0.25) is 0 Å². The number of carbonyl (C=O) groups excluding carboxylic acids is 1. The Kier molecular flexibility index (Phi) is 6.50. The monoisotopic (exact) mass is 382 g/mol. The molecule has 0 saturated carbocycles. The Morgan fingerprint density at radius 2 is 1.78 bits per heavy atom. The first-order valence-corrected chi connectivity index (χ1v) is 10.5. The summed E-state index contributed by atoms with van der Waals surface area (Å²) >= 11 is 1.47. The maximum absolute atomic E-state index is 12.3. The molecule has 27 heavy (non-hydrogen) atoms. The van der Waals surface area contributed by atoms with Crippen LogP contribution in [0.3, 0.4) is 0 Å². The largest absolute Gasteiger partial charge is 0.343 e. The molecule has 0 bridgehead atoms. The van der Waals surface area contributed by atoms with Crippen LogP contribution in [0.25, 0.3) is 10.8 Å². The SMILES string of the molecule is CCN(CC)C(=O)CSc1nnc(Cc2cccc3ccccc23)n1CC. The average molecular weight is 383 g/mol. The van der Waals surface area contributed by atoms with Gasteiger partial charge >= 0.3 is 0 Å². The molecule has 2 aromatic carbocycles. The van der Waals surface area contributed by atoms with Crippen molar-refractivity contribution in [3.63, 3.8) is 0 Å². The molecular weight excluding hydrogens is 356 g/mol. The quantitative estimate of drug-likeness (QED) is 0.553. The van der Waals surface area contributed by atoms with E-state index in [-0.39, 0.29) is 5.91 Å². The molecule has 0 fully saturated rings. The highest BCUT2D eigenvalue weighted by Gasteiger charge is 2.16. The highest BCUT2D eigenvalue weighted by Crippen LogP contribution is 2.23. The molecule has 3 rings (SSSR count). The van der Waals surface area contributed by atoms with E-state index in [1.165, 1.54) is 28.1 Å². The third-order valence-corrected chi connectivity index (χ3v) is 5.73. The van der Waals surface area contributed by atoms with Crippen LogP contribution in [-0.4, -0.2) is 44.4 Å². The van der Waals surface area contributed by atoms with E-state index in [9.17, 15) is 4.79 Å². The summed E-state index contributed by atoms with van der Waals surface area (Å²) in [5.74, 6) is 1.48. The molecule has 0 N–H and O–H groups in total. The van der Waals surface area contributed by atoms with Crippen LogP contribution in [-0.2, 0) is 17.8 Å². The fraction of sp³-hybridized carbons (Fsp3) is 0.381. The molecule has 0 unspecified atom stereocenters. The first-order chi connectivity index (χ1) is 13.2. The van der Waals surface area contributed by atoms with Gasteiger partial charge in [-0.05, 0) is 37.1 Å². The number of benzene rings is 2. The van der Waals surface area contributed by atoms with Crippen LogP contribution in [0.1, 0.15) is 32.2 Å². The van der Waals surface area contributed by atoms with Gasteiger partial charge in [0.25, 0.3) is 0 Å². The van der Waals surface area contributed by atoms with Crippen LogP contribution in [0.5, 0.6) is 0 Å². The van der Waals surface area contributed by atoms with Crippen molar-refractivity contribution in [3.8, 4) is 0 Å². The van der Waals surface area contributed by atoms with E-state index >= 15 is 0 Å². The highest BCUT2D eigenvalue weighted by atomic mass is 32.2. The van der Waals surface area contributed by atoms with Crippen LogP contribution in [0, 0.1) is 0 Å². The summed E-state index contributed by atoms with van der Waals surface area (Å²) in [4.78, 5) is 14.1. The van der Waals surface area contributed by atoms with Crippen molar-refractivity contribution in [2.45, 2.75) is 38.9 Å². The summed E-state index contributed by atoms with van der Waals surface area (Å²) in [5, 5.41) is 12.1. The third kappa shape index (κ3) is 4.33. The lowest BCUT2D eigenvalue weighted by Gasteiger charge is -2.18. The number of hydrogen-bond donors (Lipinski definition) is 0. The Morgan fingerprint density at radius 1 is 1.04 bits per heavy atom. The molecule has 1 amide bonds. The van der Waals surface area contributed by atoms with Gasteiger partial charge in [0.1, 0.15) is 5.82 Å². The zero-order valence-electron chi connectivity index (χ0n) is 16.2. The third-order valence-electron chi connectivity index (χ3n) is 4.78. The number of rotatable bonds is 8. The lowest BCUT2D eigenvalue weighted by Crippen LogP contribution is -2.31. The molecule has 1 heterocycles. The second kappa shape index (κ2) is 9.04. The maximum Gasteiger partial charge on any atom is 0.233 e. The zero-order chi connectivity index (χ0) is 19.2. The summed E-state index contributed by atoms with van der Waals surface area (Å²) in [7, 11) is 0. The van der Waals surface area contributed by atoms with E-state index in [1.807, 2.05) is 18.7 Å². The molecule has 6 heteroatoms. The van der Waals surface area contributed by atoms with Crippen molar-refractivity contribution in [3.05, 3.63) is 53.9 Å². The van der Waals surface area contributed by atoms with Gasteiger partial charge in [-0.2, -0.15) is 0 Å². The highest BCUT2D eigenvalue weighted by molar-refractivity contribution is 7.99. The molecule has 0 aliphatic carbocycles. The number of aromatic nitrogens is 3. The van der Waals surface area contributed by atoms with Gasteiger partial charge in [0.2, 0.25) is 5.91 Å². The van der Waals surface area contributed by atoms with E-state index in [0.717, 1.165) is 37.0 Å². The summed E-state index contributed by atoms with van der Waals surface area (Å²) in [5.41, 5.74) is 1.24. The predicted octanol–water partition coefficient (Wildman–Crippen LogP) is 4.00. The van der Waals surface area contributed by atoms with Gasteiger partial charge in [-0.1, -0.05) is 54.2 Å². The van der Waals surface area contributed by atoms with Crippen LogP contribution in [0.4, 0.5) is 0 Å². The van der Waals surface area contributed by atoms with Crippen molar-refractivity contribution in [1.29, 1.82) is 0 Å². The van der Waals surface area contributed by atoms with E-state index in [0.29, 0.717) is 5.75 Å². The molecule has 0 aliphatic heterocycles. The second-order valence-electron chi connectivity index (χ2n) is 6.31. The first kappa shape index (κ1) is 19.4. The summed E-state index contributed by atoms with van der Waals surface area (Å²) in [6.07, 6.45) is 0.729. The molecule has 1 aromatic heterocycles. The Morgan fingerprint density at radius 3 is 2.52 bits per heavy atom. The van der Waals surface area contributed by atoms with Crippen LogP contribution < -0.4 is 0 Å². The number of carbonyl (C=O) groups is 1. The minimum atomic E-state index is 0.145. The maximum atomic E-state index is 12.3. The molecule has 0 spiro atoms. The molecule has 0 radical (unpaired) electrons. The van der Waals surface area contributed by atoms with Gasteiger partial charge in [-0.15, -0.1) is 10.2 Å². The lowest BCUT2D eigenvalue weighted by molar-refractivity contribution is -0.127. The van der Waals surface area contributed by atoms with Gasteiger partial charge in [-0.3, -0.25) is 4.79 Å². The predicted molar refractivity (Wildman–Crippen MR) is 111 cm³/mol. The fourth-order valence-corrected chi connectivity index (χ4v) is 4.21. The Balaban J connectivity index is 1.78. The van der Waals surface area contributed by atoms with Gasteiger partial charge in [0.15, 0.2) is 5.16 Å². The number of hydrogen-bond acceptors (Lipinski definition) is 4. The number of thioether (sulfide) groups is 1. The Hall–Kier alpha value is -2.34. The molecule has 0 aliphatic rings. The Bertz CT molecular complexity index is 912. The van der Waals surface area contributed by atoms with Gasteiger partial charge in [-0.25, -0.2) is 0 Å². The van der Waals surface area contributed by atoms with E-state index in [1.54, 1.807) is 0 Å². The fourth-order valence-electron chi connectivity index (χ4n) is 3.29. The normalized spacial score (nSPS) is 11.1. The van der Waals surface area contributed by atoms with Crippen LogP contribution in [0.15, 0.2) is 47.6 Å². The van der Waals surface area contributed by atoms with Crippen molar-refractivity contribution < 1.29 is 4.79 Å². The lowest BCUT2D eigenvalue weighted by atomic mass is 10.0. The van der Waals surface area contributed by atoms with Gasteiger partial charge < -0.3 is 9.47 Å². The summed E-state index contributed by atoms with van der Waals surface area (Å²) in [6.45, 7) is 8.36.